The van der Waals surface area contributed by atoms with Crippen molar-refractivity contribution in [3.05, 3.63) is 59.5 Å². The third-order valence-corrected chi connectivity index (χ3v) is 3.08. The van der Waals surface area contributed by atoms with Gasteiger partial charge in [-0.25, -0.2) is 18.7 Å². The summed E-state index contributed by atoms with van der Waals surface area (Å²) < 4.78 is 33.0. The number of hydrogen-bond donors (Lipinski definition) is 1. The highest BCUT2D eigenvalue weighted by Gasteiger charge is 2.11. The second kappa shape index (κ2) is 6.13. The number of aromatic nitrogens is 3. The summed E-state index contributed by atoms with van der Waals surface area (Å²) in [6.07, 6.45) is 3.91. The van der Waals surface area contributed by atoms with Crippen LogP contribution in [0.25, 0.3) is 11.3 Å². The number of nitrogens with zero attached hydrogens (tertiary/aromatic N) is 3. The number of ether oxygens (including phenoxy) is 1. The Morgan fingerprint density at radius 2 is 1.78 bits per heavy atom. The van der Waals surface area contributed by atoms with Crippen molar-refractivity contribution in [3.8, 4) is 22.9 Å². The van der Waals surface area contributed by atoms with Crippen LogP contribution in [0.4, 0.5) is 14.6 Å². The normalized spacial score (nSPS) is 10.6. The predicted octanol–water partition coefficient (Wildman–Crippen LogP) is 3.84. The fraction of sp³-hybridized carbons (Fsp3) is 0. The highest BCUT2D eigenvalue weighted by molar-refractivity contribution is 6.30. The first-order valence-corrected chi connectivity index (χ1v) is 6.77. The molecule has 2 aromatic heterocycles. The molecule has 5 nitrogen and oxygen atoms in total. The van der Waals surface area contributed by atoms with Crippen LogP contribution in [0.2, 0.25) is 5.02 Å². The van der Waals surface area contributed by atoms with Crippen LogP contribution in [0.1, 0.15) is 0 Å². The first kappa shape index (κ1) is 15.1. The van der Waals surface area contributed by atoms with Gasteiger partial charge in [-0.1, -0.05) is 11.6 Å². The van der Waals surface area contributed by atoms with Crippen molar-refractivity contribution < 1.29 is 13.5 Å². The van der Waals surface area contributed by atoms with Crippen LogP contribution >= 0.6 is 11.6 Å². The molecule has 0 unspecified atom stereocenters. The Kier molecular flexibility index (Phi) is 4.03. The van der Waals surface area contributed by atoms with Crippen molar-refractivity contribution in [3.63, 3.8) is 0 Å². The maximum absolute atomic E-state index is 14.2. The lowest BCUT2D eigenvalue weighted by atomic mass is 10.1. The molecule has 3 rings (SSSR count). The summed E-state index contributed by atoms with van der Waals surface area (Å²) in [7, 11) is 0. The van der Waals surface area contributed by atoms with Crippen molar-refractivity contribution >= 4 is 17.4 Å². The summed E-state index contributed by atoms with van der Waals surface area (Å²) >= 11 is 5.61. The third-order valence-electron chi connectivity index (χ3n) is 2.88. The van der Waals surface area contributed by atoms with Gasteiger partial charge in [-0.2, -0.15) is 0 Å². The van der Waals surface area contributed by atoms with Crippen LogP contribution in [0, 0.1) is 11.6 Å². The number of hydrogen-bond acceptors (Lipinski definition) is 5. The molecule has 2 N–H and O–H groups in total. The Hall–Kier alpha value is -2.80. The molecule has 0 atom stereocenters. The molecule has 0 aliphatic heterocycles. The number of pyridine rings is 1. The topological polar surface area (TPSA) is 73.9 Å². The van der Waals surface area contributed by atoms with E-state index in [1.807, 2.05) is 0 Å². The zero-order chi connectivity index (χ0) is 16.4. The van der Waals surface area contributed by atoms with E-state index >= 15 is 0 Å². The molecule has 116 valence electrons. The molecular weight excluding hydrogens is 326 g/mol. The van der Waals surface area contributed by atoms with Gasteiger partial charge in [0.2, 0.25) is 0 Å². The largest absolute Gasteiger partial charge is 0.436 e. The van der Waals surface area contributed by atoms with Crippen molar-refractivity contribution in [2.24, 2.45) is 0 Å². The number of rotatable bonds is 3. The molecule has 2 heterocycles. The summed E-state index contributed by atoms with van der Waals surface area (Å²) in [5, 5.41) is 0.137. The van der Waals surface area contributed by atoms with Gasteiger partial charge in [0, 0.05) is 17.8 Å². The molecule has 0 saturated heterocycles. The summed E-state index contributed by atoms with van der Waals surface area (Å²) in [5.74, 6) is -1.32. The van der Waals surface area contributed by atoms with E-state index in [0.29, 0.717) is 5.69 Å². The second-order valence-corrected chi connectivity index (χ2v) is 4.95. The van der Waals surface area contributed by atoms with Crippen molar-refractivity contribution in [1.29, 1.82) is 0 Å². The maximum Gasteiger partial charge on any atom is 0.255 e. The lowest BCUT2D eigenvalue weighted by molar-refractivity contribution is 0.420. The van der Waals surface area contributed by atoms with E-state index in [4.69, 9.17) is 22.1 Å². The fourth-order valence-corrected chi connectivity index (χ4v) is 1.98. The van der Waals surface area contributed by atoms with Gasteiger partial charge in [0.25, 0.3) is 5.88 Å². The average Bonchev–Trinajstić information content (AvgIpc) is 2.51. The highest BCUT2D eigenvalue weighted by atomic mass is 35.5. The quantitative estimate of drug-likeness (QED) is 0.787. The van der Waals surface area contributed by atoms with E-state index in [9.17, 15) is 8.78 Å². The Morgan fingerprint density at radius 3 is 2.43 bits per heavy atom. The summed E-state index contributed by atoms with van der Waals surface area (Å²) in [5.41, 5.74) is 5.97. The minimum Gasteiger partial charge on any atom is -0.436 e. The number of benzene rings is 1. The molecule has 0 spiro atoms. The SMILES string of the molecule is Nc1cnc(-c2ccc(Oc3ncc(Cl)cc3F)cc2F)cn1. The van der Waals surface area contributed by atoms with Gasteiger partial charge in [0.15, 0.2) is 5.82 Å². The zero-order valence-electron chi connectivity index (χ0n) is 11.5. The number of nitrogens with two attached hydrogens (primary N) is 1. The van der Waals surface area contributed by atoms with Gasteiger partial charge < -0.3 is 10.5 Å². The number of nitrogen functional groups attached to an aromatic ring is 1. The van der Waals surface area contributed by atoms with Crippen molar-refractivity contribution in [1.82, 2.24) is 15.0 Å². The molecule has 0 aliphatic rings. The molecule has 0 aliphatic carbocycles. The van der Waals surface area contributed by atoms with E-state index in [1.165, 1.54) is 30.7 Å². The Morgan fingerprint density at radius 1 is 0.957 bits per heavy atom. The summed E-state index contributed by atoms with van der Waals surface area (Å²) in [6.45, 7) is 0. The van der Waals surface area contributed by atoms with Crippen LogP contribution < -0.4 is 10.5 Å². The molecule has 8 heteroatoms. The zero-order valence-corrected chi connectivity index (χ0v) is 12.3. The molecular formula is C15H9ClF2N4O. The van der Waals surface area contributed by atoms with E-state index in [2.05, 4.69) is 15.0 Å². The standard InChI is InChI=1S/C15H9ClF2N4O/c16-8-3-12(18)15(22-5-8)23-9-1-2-10(11(17)4-9)13-6-21-14(19)7-20-13/h1-7H,(H2,19,21). The molecule has 1 aromatic carbocycles. The minimum absolute atomic E-state index is 0.0865. The summed E-state index contributed by atoms with van der Waals surface area (Å²) in [6, 6.07) is 5.06. The van der Waals surface area contributed by atoms with E-state index < -0.39 is 11.6 Å². The van der Waals surface area contributed by atoms with Crippen LogP contribution in [0.3, 0.4) is 0 Å². The molecule has 0 amide bonds. The minimum atomic E-state index is -0.744. The monoisotopic (exact) mass is 334 g/mol. The molecule has 0 radical (unpaired) electrons. The van der Waals surface area contributed by atoms with Crippen molar-refractivity contribution in [2.75, 3.05) is 5.73 Å². The van der Waals surface area contributed by atoms with E-state index in [1.54, 1.807) is 0 Å². The van der Waals surface area contributed by atoms with Crippen LogP contribution in [0.15, 0.2) is 42.9 Å². The molecule has 3 aromatic rings. The van der Waals surface area contributed by atoms with Gasteiger partial charge >= 0.3 is 0 Å². The van der Waals surface area contributed by atoms with Crippen LogP contribution in [-0.2, 0) is 0 Å². The van der Waals surface area contributed by atoms with Gasteiger partial charge in [0.1, 0.15) is 17.4 Å². The van der Waals surface area contributed by atoms with Crippen LogP contribution in [0.5, 0.6) is 11.6 Å². The van der Waals surface area contributed by atoms with Gasteiger partial charge in [-0.3, -0.25) is 4.98 Å². The van der Waals surface area contributed by atoms with Gasteiger partial charge in [0.05, 0.1) is 23.1 Å². The maximum atomic E-state index is 14.2. The molecule has 0 bridgehead atoms. The molecule has 0 saturated carbocycles. The average molecular weight is 335 g/mol. The lowest BCUT2D eigenvalue weighted by Crippen LogP contribution is -1.96. The highest BCUT2D eigenvalue weighted by Crippen LogP contribution is 2.28. The Labute approximate surface area is 134 Å². The smallest absolute Gasteiger partial charge is 0.255 e. The lowest BCUT2D eigenvalue weighted by Gasteiger charge is -2.08. The fourth-order valence-electron chi connectivity index (χ4n) is 1.83. The molecule has 23 heavy (non-hydrogen) atoms. The van der Waals surface area contributed by atoms with Gasteiger partial charge in [-0.15, -0.1) is 0 Å². The van der Waals surface area contributed by atoms with E-state index in [0.717, 1.165) is 12.1 Å². The van der Waals surface area contributed by atoms with Gasteiger partial charge in [-0.05, 0) is 18.2 Å². The number of halogens is 3. The first-order valence-electron chi connectivity index (χ1n) is 6.39. The Balaban J connectivity index is 1.88. The molecule has 0 fully saturated rings. The Bertz CT molecular complexity index is 859. The predicted molar refractivity (Wildman–Crippen MR) is 81.1 cm³/mol. The first-order chi connectivity index (χ1) is 11.0. The van der Waals surface area contributed by atoms with Crippen LogP contribution in [-0.4, -0.2) is 15.0 Å². The number of anilines is 1. The summed E-state index contributed by atoms with van der Waals surface area (Å²) in [4.78, 5) is 11.5. The van der Waals surface area contributed by atoms with Crippen molar-refractivity contribution in [2.45, 2.75) is 0 Å². The third kappa shape index (κ3) is 3.35. The second-order valence-electron chi connectivity index (χ2n) is 4.51. The van der Waals surface area contributed by atoms with E-state index in [-0.39, 0.29) is 28.0 Å².